The fraction of sp³-hybridized carbons (Fsp3) is 0.500. The van der Waals surface area contributed by atoms with Gasteiger partial charge in [0.15, 0.2) is 0 Å². The van der Waals surface area contributed by atoms with Gasteiger partial charge in [-0.15, -0.1) is 0 Å². The van der Waals surface area contributed by atoms with Crippen LogP contribution >= 0.6 is 11.6 Å². The summed E-state index contributed by atoms with van der Waals surface area (Å²) in [6, 6.07) is 10.2. The van der Waals surface area contributed by atoms with Gasteiger partial charge in [0.05, 0.1) is 12.0 Å². The van der Waals surface area contributed by atoms with Gasteiger partial charge >= 0.3 is 0 Å². The van der Waals surface area contributed by atoms with Crippen LogP contribution in [0.25, 0.3) is 0 Å². The number of nitrogens with zero attached hydrogens (tertiary/aromatic N) is 2. The zero-order valence-corrected chi connectivity index (χ0v) is 10.8. The quantitative estimate of drug-likeness (QED) is 0.803. The molecular weight excluding hydrogens is 232 g/mol. The van der Waals surface area contributed by atoms with Gasteiger partial charge in [-0.3, -0.25) is 0 Å². The predicted octanol–water partition coefficient (Wildman–Crippen LogP) is 3.29. The minimum atomic E-state index is 0.0148. The van der Waals surface area contributed by atoms with E-state index in [2.05, 4.69) is 18.0 Å². The third-order valence-corrected chi connectivity index (χ3v) is 3.85. The molecule has 1 aliphatic rings. The Hall–Kier alpha value is -1.04. The second-order valence-electron chi connectivity index (χ2n) is 4.80. The normalized spacial score (nSPS) is 19.8. The van der Waals surface area contributed by atoms with Gasteiger partial charge < -0.3 is 4.90 Å². The van der Waals surface area contributed by atoms with Crippen molar-refractivity contribution < 1.29 is 0 Å². The lowest BCUT2D eigenvalue weighted by Gasteiger charge is -2.31. The predicted molar refractivity (Wildman–Crippen MR) is 70.0 cm³/mol. The maximum Gasteiger partial charge on any atom is 0.0741 e. The zero-order chi connectivity index (χ0) is 12.3. The van der Waals surface area contributed by atoms with Gasteiger partial charge in [-0.25, -0.2) is 0 Å². The SMILES string of the molecule is CN1CCC([C@H](C#N)c2ccc(Cl)cc2)CC1. The number of hydrogen-bond acceptors (Lipinski definition) is 2. The summed E-state index contributed by atoms with van der Waals surface area (Å²) < 4.78 is 0. The number of hydrogen-bond donors (Lipinski definition) is 0. The van der Waals surface area contributed by atoms with E-state index in [-0.39, 0.29) is 5.92 Å². The molecule has 0 aromatic heterocycles. The van der Waals surface area contributed by atoms with Crippen LogP contribution in [0.5, 0.6) is 0 Å². The van der Waals surface area contributed by atoms with Crippen molar-refractivity contribution in [3.63, 3.8) is 0 Å². The lowest BCUT2D eigenvalue weighted by Crippen LogP contribution is -2.32. The van der Waals surface area contributed by atoms with E-state index in [9.17, 15) is 5.26 Å². The smallest absolute Gasteiger partial charge is 0.0741 e. The number of likely N-dealkylation sites (tertiary alicyclic amines) is 1. The number of piperidine rings is 1. The largest absolute Gasteiger partial charge is 0.306 e. The zero-order valence-electron chi connectivity index (χ0n) is 10.1. The molecule has 1 atom stereocenters. The number of nitriles is 1. The van der Waals surface area contributed by atoms with Crippen molar-refractivity contribution >= 4 is 11.6 Å². The van der Waals surface area contributed by atoms with Gasteiger partial charge in [0.25, 0.3) is 0 Å². The van der Waals surface area contributed by atoms with Crippen LogP contribution < -0.4 is 0 Å². The first-order valence-corrected chi connectivity index (χ1v) is 6.42. The maximum absolute atomic E-state index is 9.37. The van der Waals surface area contributed by atoms with E-state index in [0.29, 0.717) is 5.92 Å². The topological polar surface area (TPSA) is 27.0 Å². The van der Waals surface area contributed by atoms with Crippen LogP contribution in [0.15, 0.2) is 24.3 Å². The Labute approximate surface area is 108 Å². The van der Waals surface area contributed by atoms with Crippen LogP contribution in [0.1, 0.15) is 24.3 Å². The molecule has 0 spiro atoms. The fourth-order valence-electron chi connectivity index (χ4n) is 2.48. The lowest BCUT2D eigenvalue weighted by molar-refractivity contribution is 0.210. The van der Waals surface area contributed by atoms with Crippen LogP contribution in [0.2, 0.25) is 5.02 Å². The molecule has 0 radical (unpaired) electrons. The lowest BCUT2D eigenvalue weighted by atomic mass is 9.81. The van der Waals surface area contributed by atoms with Crippen LogP contribution in [0, 0.1) is 17.2 Å². The van der Waals surface area contributed by atoms with Gasteiger partial charge in [-0.2, -0.15) is 5.26 Å². The highest BCUT2D eigenvalue weighted by Crippen LogP contribution is 2.32. The first-order valence-electron chi connectivity index (χ1n) is 6.04. The number of benzene rings is 1. The third kappa shape index (κ3) is 3.00. The molecule has 1 fully saturated rings. The van der Waals surface area contributed by atoms with E-state index in [1.54, 1.807) is 0 Å². The Morgan fingerprint density at radius 1 is 1.29 bits per heavy atom. The monoisotopic (exact) mass is 248 g/mol. The molecule has 0 unspecified atom stereocenters. The summed E-state index contributed by atoms with van der Waals surface area (Å²) in [7, 11) is 2.14. The summed E-state index contributed by atoms with van der Waals surface area (Å²) >= 11 is 5.87. The Morgan fingerprint density at radius 3 is 2.41 bits per heavy atom. The average Bonchev–Trinajstić information content (AvgIpc) is 2.35. The molecule has 1 aliphatic heterocycles. The summed E-state index contributed by atoms with van der Waals surface area (Å²) in [5, 5.41) is 10.1. The maximum atomic E-state index is 9.37. The van der Waals surface area contributed by atoms with E-state index < -0.39 is 0 Å². The summed E-state index contributed by atoms with van der Waals surface area (Å²) in [4.78, 5) is 2.33. The molecule has 2 nitrogen and oxygen atoms in total. The fourth-order valence-corrected chi connectivity index (χ4v) is 2.61. The van der Waals surface area contributed by atoms with Crippen molar-refractivity contribution in [1.82, 2.24) is 4.90 Å². The van der Waals surface area contributed by atoms with Crippen LogP contribution in [-0.2, 0) is 0 Å². The van der Waals surface area contributed by atoms with Crippen molar-refractivity contribution in [1.29, 1.82) is 5.26 Å². The molecule has 1 aromatic carbocycles. The Balaban J connectivity index is 2.11. The van der Waals surface area contributed by atoms with Gasteiger partial charge in [0.2, 0.25) is 0 Å². The molecule has 90 valence electrons. The van der Waals surface area contributed by atoms with Crippen molar-refractivity contribution in [2.75, 3.05) is 20.1 Å². The van der Waals surface area contributed by atoms with E-state index >= 15 is 0 Å². The van der Waals surface area contributed by atoms with Crippen LogP contribution in [-0.4, -0.2) is 25.0 Å². The van der Waals surface area contributed by atoms with Gasteiger partial charge in [0, 0.05) is 5.02 Å². The number of rotatable bonds is 2. The van der Waals surface area contributed by atoms with Crippen molar-refractivity contribution in [3.8, 4) is 6.07 Å². The molecule has 2 rings (SSSR count). The highest BCUT2D eigenvalue weighted by atomic mass is 35.5. The third-order valence-electron chi connectivity index (χ3n) is 3.60. The highest BCUT2D eigenvalue weighted by Gasteiger charge is 2.26. The molecule has 17 heavy (non-hydrogen) atoms. The van der Waals surface area contributed by atoms with E-state index in [1.165, 1.54) is 0 Å². The van der Waals surface area contributed by atoms with Crippen LogP contribution in [0.4, 0.5) is 0 Å². The molecule has 0 amide bonds. The first kappa shape index (κ1) is 12.4. The van der Waals surface area contributed by atoms with Crippen molar-refractivity contribution in [2.45, 2.75) is 18.8 Å². The molecule has 3 heteroatoms. The molecular formula is C14H17ClN2. The Kier molecular flexibility index (Phi) is 4.04. The Bertz CT molecular complexity index is 399. The van der Waals surface area contributed by atoms with Gasteiger partial charge in [0.1, 0.15) is 0 Å². The molecule has 1 aromatic rings. The molecule has 0 bridgehead atoms. The average molecular weight is 249 g/mol. The summed E-state index contributed by atoms with van der Waals surface area (Å²) in [5.41, 5.74) is 1.10. The minimum absolute atomic E-state index is 0.0148. The standard InChI is InChI=1S/C14H17ClN2/c1-17-8-6-12(7-9-17)14(10-16)11-2-4-13(15)5-3-11/h2-5,12,14H,6-9H2,1H3/t14-/m1/s1. The molecule has 1 saturated heterocycles. The second-order valence-corrected chi connectivity index (χ2v) is 5.24. The first-order chi connectivity index (χ1) is 8.20. The van der Waals surface area contributed by atoms with E-state index in [0.717, 1.165) is 36.5 Å². The van der Waals surface area contributed by atoms with E-state index in [4.69, 9.17) is 11.6 Å². The summed E-state index contributed by atoms with van der Waals surface area (Å²) in [6.45, 7) is 2.19. The van der Waals surface area contributed by atoms with Gasteiger partial charge in [-0.05, 0) is 56.6 Å². The molecule has 0 N–H and O–H groups in total. The van der Waals surface area contributed by atoms with E-state index in [1.807, 2.05) is 24.3 Å². The molecule has 0 aliphatic carbocycles. The highest BCUT2D eigenvalue weighted by molar-refractivity contribution is 6.30. The van der Waals surface area contributed by atoms with Crippen molar-refractivity contribution in [3.05, 3.63) is 34.9 Å². The van der Waals surface area contributed by atoms with Crippen molar-refractivity contribution in [2.24, 2.45) is 5.92 Å². The number of halogens is 1. The summed E-state index contributed by atoms with van der Waals surface area (Å²) in [5.74, 6) is 0.498. The van der Waals surface area contributed by atoms with Crippen LogP contribution in [0.3, 0.4) is 0 Å². The second kappa shape index (κ2) is 5.53. The Morgan fingerprint density at radius 2 is 1.88 bits per heavy atom. The van der Waals surface area contributed by atoms with Gasteiger partial charge in [-0.1, -0.05) is 23.7 Å². The molecule has 0 saturated carbocycles. The molecule has 1 heterocycles. The summed E-state index contributed by atoms with van der Waals surface area (Å²) in [6.07, 6.45) is 2.22. The minimum Gasteiger partial charge on any atom is -0.306 e.